The lowest BCUT2D eigenvalue weighted by Crippen LogP contribution is -2.52. The Hall–Kier alpha value is -2.25. The number of carbonyl (C=O) groups excluding carboxylic acids is 3. The van der Waals surface area contributed by atoms with E-state index in [1.807, 2.05) is 12.1 Å². The molecule has 0 aromatic heterocycles. The third kappa shape index (κ3) is 2.93. The van der Waals surface area contributed by atoms with Gasteiger partial charge in [0.1, 0.15) is 6.04 Å². The number of fused-ring (bicyclic) bond motifs is 3. The van der Waals surface area contributed by atoms with Gasteiger partial charge < -0.3 is 15.5 Å². The van der Waals surface area contributed by atoms with E-state index in [1.54, 1.807) is 4.90 Å². The zero-order chi connectivity index (χ0) is 19.3. The van der Waals surface area contributed by atoms with E-state index in [1.165, 1.54) is 25.7 Å². The van der Waals surface area contributed by atoms with Crippen LogP contribution in [0.2, 0.25) is 0 Å². The summed E-state index contributed by atoms with van der Waals surface area (Å²) in [5.74, 6) is -0.725. The second kappa shape index (κ2) is 6.67. The highest BCUT2D eigenvalue weighted by Gasteiger charge is 2.42. The molecule has 28 heavy (non-hydrogen) atoms. The first-order chi connectivity index (χ1) is 13.5. The molecule has 3 fully saturated rings. The largest absolute Gasteiger partial charge is 0.322 e. The number of hydrogen-bond donors (Lipinski definition) is 3. The predicted octanol–water partition coefficient (Wildman–Crippen LogP) is 0.822. The van der Waals surface area contributed by atoms with Crippen molar-refractivity contribution in [3.63, 3.8) is 0 Å². The monoisotopic (exact) mass is 382 g/mol. The third-order valence-corrected chi connectivity index (χ3v) is 6.91. The Balaban J connectivity index is 1.33. The van der Waals surface area contributed by atoms with Crippen LogP contribution in [0.4, 0.5) is 0 Å². The van der Waals surface area contributed by atoms with E-state index in [0.29, 0.717) is 24.6 Å². The van der Waals surface area contributed by atoms with E-state index in [0.717, 1.165) is 24.2 Å². The van der Waals surface area contributed by atoms with Crippen LogP contribution in [0, 0.1) is 0 Å². The lowest BCUT2D eigenvalue weighted by atomic mass is 9.83. The van der Waals surface area contributed by atoms with Gasteiger partial charge in [-0.3, -0.25) is 19.7 Å². The molecule has 3 N–H and O–H groups in total. The summed E-state index contributed by atoms with van der Waals surface area (Å²) in [5.41, 5.74) is 2.99. The van der Waals surface area contributed by atoms with E-state index in [4.69, 9.17) is 0 Å². The molecule has 1 saturated carbocycles. The molecule has 1 aliphatic carbocycles. The molecule has 2 bridgehead atoms. The standard InChI is InChI=1S/C21H26N4O3/c26-18-7-6-17(19(27)24-18)25-11-16-13(3-1-5-15(16)20(25)28)10-23-21-8-2-4-14(9-21)22-12-21/h1,3,5,14,17,22-23H,2,4,6-12H2,(H,24,26,27). The minimum atomic E-state index is -0.560. The van der Waals surface area contributed by atoms with Crippen LogP contribution in [0.3, 0.4) is 0 Å². The average Bonchev–Trinajstić information content (AvgIpc) is 3.17. The fourth-order valence-corrected chi connectivity index (χ4v) is 5.36. The Morgan fingerprint density at radius 2 is 2.11 bits per heavy atom. The Labute approximate surface area is 164 Å². The highest BCUT2D eigenvalue weighted by molar-refractivity contribution is 6.05. The maximum absolute atomic E-state index is 12.9. The van der Waals surface area contributed by atoms with E-state index in [9.17, 15) is 14.4 Å². The van der Waals surface area contributed by atoms with E-state index in [-0.39, 0.29) is 29.7 Å². The highest BCUT2D eigenvalue weighted by atomic mass is 16.2. The first-order valence-electron chi connectivity index (χ1n) is 10.3. The molecule has 1 aromatic carbocycles. The minimum Gasteiger partial charge on any atom is -0.322 e. The smallest absolute Gasteiger partial charge is 0.255 e. The molecule has 0 spiro atoms. The molecule has 4 aliphatic rings. The second-order valence-electron chi connectivity index (χ2n) is 8.65. The number of piperidine rings is 1. The molecule has 2 saturated heterocycles. The van der Waals surface area contributed by atoms with Crippen LogP contribution in [0.15, 0.2) is 18.2 Å². The SMILES string of the molecule is O=C1CCC(N2Cc3c(CNC45CCCC(C4)NC5)cccc3C2=O)C(=O)N1. The van der Waals surface area contributed by atoms with Crippen LogP contribution in [0.5, 0.6) is 0 Å². The van der Waals surface area contributed by atoms with Gasteiger partial charge in [0.25, 0.3) is 5.91 Å². The highest BCUT2D eigenvalue weighted by Crippen LogP contribution is 2.34. The normalized spacial score (nSPS) is 31.9. The lowest BCUT2D eigenvalue weighted by Gasteiger charge is -2.33. The van der Waals surface area contributed by atoms with Crippen molar-refractivity contribution in [3.05, 3.63) is 34.9 Å². The molecule has 148 valence electrons. The first kappa shape index (κ1) is 17.8. The Morgan fingerprint density at radius 3 is 2.96 bits per heavy atom. The number of hydrogen-bond acceptors (Lipinski definition) is 5. The van der Waals surface area contributed by atoms with Crippen LogP contribution in [-0.4, -0.2) is 46.8 Å². The van der Waals surface area contributed by atoms with Crippen molar-refractivity contribution >= 4 is 17.7 Å². The molecule has 3 heterocycles. The number of nitrogens with one attached hydrogen (secondary N) is 3. The van der Waals surface area contributed by atoms with E-state index >= 15 is 0 Å². The summed E-state index contributed by atoms with van der Waals surface area (Å²) in [6, 6.07) is 5.92. The fraction of sp³-hybridized carbons (Fsp3) is 0.571. The van der Waals surface area contributed by atoms with Gasteiger partial charge in [0.2, 0.25) is 11.8 Å². The van der Waals surface area contributed by atoms with E-state index < -0.39 is 6.04 Å². The van der Waals surface area contributed by atoms with Gasteiger partial charge in [-0.1, -0.05) is 18.6 Å². The number of imide groups is 1. The number of amides is 3. The average molecular weight is 382 g/mol. The molecular formula is C21H26N4O3. The Morgan fingerprint density at radius 1 is 1.21 bits per heavy atom. The maximum Gasteiger partial charge on any atom is 0.255 e. The number of rotatable bonds is 4. The van der Waals surface area contributed by atoms with Crippen LogP contribution in [0.1, 0.15) is 60.0 Å². The van der Waals surface area contributed by atoms with Gasteiger partial charge in [-0.05, 0) is 42.9 Å². The van der Waals surface area contributed by atoms with Crippen LogP contribution in [0.25, 0.3) is 0 Å². The molecule has 1 aromatic rings. The van der Waals surface area contributed by atoms with Crippen molar-refractivity contribution in [2.24, 2.45) is 0 Å². The summed E-state index contributed by atoms with van der Waals surface area (Å²) < 4.78 is 0. The molecule has 3 atom stereocenters. The van der Waals surface area contributed by atoms with Crippen molar-refractivity contribution in [1.29, 1.82) is 0 Å². The molecule has 0 radical (unpaired) electrons. The number of nitrogens with zero attached hydrogens (tertiary/aromatic N) is 1. The summed E-state index contributed by atoms with van der Waals surface area (Å²) in [5, 5.41) is 9.76. The van der Waals surface area contributed by atoms with Gasteiger partial charge >= 0.3 is 0 Å². The zero-order valence-corrected chi connectivity index (χ0v) is 15.9. The van der Waals surface area contributed by atoms with Gasteiger partial charge in [-0.2, -0.15) is 0 Å². The predicted molar refractivity (Wildman–Crippen MR) is 102 cm³/mol. The van der Waals surface area contributed by atoms with Gasteiger partial charge in [0, 0.05) is 43.2 Å². The van der Waals surface area contributed by atoms with Crippen molar-refractivity contribution in [2.45, 2.75) is 69.2 Å². The van der Waals surface area contributed by atoms with Crippen molar-refractivity contribution in [1.82, 2.24) is 20.9 Å². The van der Waals surface area contributed by atoms with Crippen LogP contribution < -0.4 is 16.0 Å². The summed E-state index contributed by atoms with van der Waals surface area (Å²) >= 11 is 0. The molecule has 3 amide bonds. The summed E-state index contributed by atoms with van der Waals surface area (Å²) in [4.78, 5) is 38.2. The van der Waals surface area contributed by atoms with Gasteiger partial charge in [0.05, 0.1) is 0 Å². The molecule has 5 rings (SSSR count). The van der Waals surface area contributed by atoms with Crippen molar-refractivity contribution in [3.8, 4) is 0 Å². The molecule has 3 aliphatic heterocycles. The fourth-order valence-electron chi connectivity index (χ4n) is 5.36. The topological polar surface area (TPSA) is 90.5 Å². The van der Waals surface area contributed by atoms with Crippen LogP contribution in [-0.2, 0) is 22.7 Å². The van der Waals surface area contributed by atoms with Gasteiger partial charge in [-0.25, -0.2) is 0 Å². The minimum absolute atomic E-state index is 0.107. The summed E-state index contributed by atoms with van der Waals surface area (Å²) in [6.45, 7) is 2.17. The first-order valence-corrected chi connectivity index (χ1v) is 10.3. The molecule has 3 unspecified atom stereocenters. The zero-order valence-electron chi connectivity index (χ0n) is 15.9. The van der Waals surface area contributed by atoms with Crippen molar-refractivity contribution < 1.29 is 14.4 Å². The Kier molecular flexibility index (Phi) is 4.25. The molecular weight excluding hydrogens is 356 g/mol. The lowest BCUT2D eigenvalue weighted by molar-refractivity contribution is -0.136. The summed E-state index contributed by atoms with van der Waals surface area (Å²) in [7, 11) is 0. The third-order valence-electron chi connectivity index (χ3n) is 6.91. The second-order valence-corrected chi connectivity index (χ2v) is 8.65. The van der Waals surface area contributed by atoms with Crippen LogP contribution >= 0.6 is 0 Å². The quantitative estimate of drug-likeness (QED) is 0.671. The van der Waals surface area contributed by atoms with Crippen molar-refractivity contribution in [2.75, 3.05) is 6.54 Å². The van der Waals surface area contributed by atoms with E-state index in [2.05, 4.69) is 22.0 Å². The summed E-state index contributed by atoms with van der Waals surface area (Å²) in [6.07, 6.45) is 5.55. The number of carbonyl (C=O) groups is 3. The van der Waals surface area contributed by atoms with Gasteiger partial charge in [0.15, 0.2) is 0 Å². The Bertz CT molecular complexity index is 850. The number of benzene rings is 1. The molecule has 7 nitrogen and oxygen atoms in total. The maximum atomic E-state index is 12.9. The molecule has 7 heteroatoms. The van der Waals surface area contributed by atoms with Gasteiger partial charge in [-0.15, -0.1) is 0 Å².